The van der Waals surface area contributed by atoms with Crippen LogP contribution in [0.5, 0.6) is 0 Å². The Morgan fingerprint density at radius 1 is 1.36 bits per heavy atom. The van der Waals surface area contributed by atoms with E-state index in [0.29, 0.717) is 17.3 Å². The summed E-state index contributed by atoms with van der Waals surface area (Å²) in [5, 5.41) is 25.4. The average molecular weight is 302 g/mol. The van der Waals surface area contributed by atoms with Gasteiger partial charge in [0, 0.05) is 6.42 Å². The molecule has 1 atom stereocenters. The van der Waals surface area contributed by atoms with Gasteiger partial charge in [-0.25, -0.2) is 4.79 Å². The summed E-state index contributed by atoms with van der Waals surface area (Å²) < 4.78 is 1.65. The van der Waals surface area contributed by atoms with Crippen molar-refractivity contribution in [1.29, 1.82) is 0 Å². The third-order valence-corrected chi connectivity index (χ3v) is 3.53. The Morgan fingerprint density at radius 3 is 2.77 bits per heavy atom. The number of amides is 2. The van der Waals surface area contributed by atoms with Crippen LogP contribution in [0.2, 0.25) is 0 Å². The molecule has 2 aromatic rings. The largest absolute Gasteiger partial charge is 0.465 e. The van der Waals surface area contributed by atoms with Crippen molar-refractivity contribution in [3.05, 3.63) is 47.8 Å². The van der Waals surface area contributed by atoms with Gasteiger partial charge >= 0.3 is 6.09 Å². The second-order valence-electron chi connectivity index (χ2n) is 4.98. The van der Waals surface area contributed by atoms with Gasteiger partial charge in [-0.1, -0.05) is 30.3 Å². The molecular weight excluding hydrogens is 288 g/mol. The first-order valence-electron chi connectivity index (χ1n) is 6.67. The molecule has 0 bridgehead atoms. The first kappa shape index (κ1) is 14.1. The first-order valence-corrected chi connectivity index (χ1v) is 6.67. The normalized spacial score (nSPS) is 17.2. The van der Waals surface area contributed by atoms with Gasteiger partial charge in [-0.15, -0.1) is 0 Å². The van der Waals surface area contributed by atoms with Gasteiger partial charge in [0.15, 0.2) is 0 Å². The van der Waals surface area contributed by atoms with Crippen LogP contribution in [0.4, 0.5) is 10.5 Å². The maximum absolute atomic E-state index is 11.9. The van der Waals surface area contributed by atoms with Gasteiger partial charge in [0.25, 0.3) is 5.91 Å². The number of nitrogens with zero attached hydrogens (tertiary/aromatic N) is 3. The Balaban J connectivity index is 1.90. The molecule has 0 aliphatic carbocycles. The standard InChI is InChI=1S/C14H14N4O4/c19-13-10(16-14(20)21)6-11-12(18(13)22)7-15-17(11)8-9-4-2-1-3-5-9/h1-5,7,10,16,22H,6,8H2,(H,20,21)/t10-/m0/s1. The second kappa shape index (κ2) is 5.49. The second-order valence-corrected chi connectivity index (χ2v) is 4.98. The topological polar surface area (TPSA) is 108 Å². The molecule has 0 saturated carbocycles. The fraction of sp³-hybridized carbons (Fsp3) is 0.214. The number of hydrogen-bond donors (Lipinski definition) is 3. The van der Waals surface area contributed by atoms with Crippen molar-refractivity contribution in [3.8, 4) is 0 Å². The Kier molecular flexibility index (Phi) is 3.51. The van der Waals surface area contributed by atoms with E-state index in [9.17, 15) is 14.8 Å². The van der Waals surface area contributed by atoms with E-state index < -0.39 is 18.0 Å². The molecule has 3 N–H and O–H groups in total. The van der Waals surface area contributed by atoms with Gasteiger partial charge in [0.1, 0.15) is 11.7 Å². The number of hydrogen-bond acceptors (Lipinski definition) is 4. The number of carboxylic acid groups (broad SMARTS) is 1. The summed E-state index contributed by atoms with van der Waals surface area (Å²) in [7, 11) is 0. The highest BCUT2D eigenvalue weighted by Gasteiger charge is 2.36. The summed E-state index contributed by atoms with van der Waals surface area (Å²) in [6, 6.07) is 8.56. The number of nitrogens with one attached hydrogen (secondary N) is 1. The number of rotatable bonds is 3. The van der Waals surface area contributed by atoms with E-state index in [1.165, 1.54) is 6.20 Å². The molecule has 0 spiro atoms. The minimum Gasteiger partial charge on any atom is -0.465 e. The molecule has 2 amide bonds. The van der Waals surface area contributed by atoms with Crippen LogP contribution in [-0.2, 0) is 17.8 Å². The first-order chi connectivity index (χ1) is 10.6. The SMILES string of the molecule is O=C(O)N[C@H]1Cc2c(cnn2Cc2ccccc2)N(O)C1=O. The summed E-state index contributed by atoms with van der Waals surface area (Å²) >= 11 is 0. The molecule has 0 fully saturated rings. The van der Waals surface area contributed by atoms with Crippen LogP contribution in [0.15, 0.2) is 36.5 Å². The molecule has 2 heterocycles. The van der Waals surface area contributed by atoms with E-state index >= 15 is 0 Å². The zero-order chi connectivity index (χ0) is 15.7. The fourth-order valence-electron chi connectivity index (χ4n) is 2.49. The molecule has 0 unspecified atom stereocenters. The molecular formula is C14H14N4O4. The molecule has 22 heavy (non-hydrogen) atoms. The Hall–Kier alpha value is -2.87. The molecule has 8 nitrogen and oxygen atoms in total. The smallest absolute Gasteiger partial charge is 0.405 e. The lowest BCUT2D eigenvalue weighted by Crippen LogP contribution is -2.51. The third kappa shape index (κ3) is 2.51. The highest BCUT2D eigenvalue weighted by Crippen LogP contribution is 2.27. The van der Waals surface area contributed by atoms with E-state index in [-0.39, 0.29) is 12.1 Å². The molecule has 0 saturated heterocycles. The summed E-state index contributed by atoms with van der Waals surface area (Å²) in [5.74, 6) is -0.714. The van der Waals surface area contributed by atoms with E-state index in [0.717, 1.165) is 5.56 Å². The molecule has 1 aliphatic rings. The highest BCUT2D eigenvalue weighted by atomic mass is 16.5. The number of hydroxylamine groups is 1. The van der Waals surface area contributed by atoms with E-state index in [1.54, 1.807) is 4.68 Å². The van der Waals surface area contributed by atoms with E-state index in [2.05, 4.69) is 10.4 Å². The number of carbonyl (C=O) groups is 2. The van der Waals surface area contributed by atoms with Crippen LogP contribution in [0, 0.1) is 0 Å². The van der Waals surface area contributed by atoms with Crippen molar-refractivity contribution >= 4 is 17.7 Å². The van der Waals surface area contributed by atoms with Gasteiger partial charge < -0.3 is 10.4 Å². The van der Waals surface area contributed by atoms with Gasteiger partial charge in [0.05, 0.1) is 18.4 Å². The predicted octanol–water partition coefficient (Wildman–Crippen LogP) is 0.846. The Labute approximate surface area is 125 Å². The molecule has 1 aliphatic heterocycles. The van der Waals surface area contributed by atoms with E-state index in [4.69, 9.17) is 5.11 Å². The number of aromatic nitrogens is 2. The third-order valence-electron chi connectivity index (χ3n) is 3.53. The van der Waals surface area contributed by atoms with Gasteiger partial charge in [-0.05, 0) is 5.56 Å². The van der Waals surface area contributed by atoms with Crippen LogP contribution in [0.1, 0.15) is 11.3 Å². The summed E-state index contributed by atoms with van der Waals surface area (Å²) in [5.41, 5.74) is 1.90. The maximum atomic E-state index is 11.9. The Bertz CT molecular complexity index is 713. The maximum Gasteiger partial charge on any atom is 0.405 e. The lowest BCUT2D eigenvalue weighted by atomic mass is 10.0. The lowest BCUT2D eigenvalue weighted by Gasteiger charge is -2.27. The number of anilines is 1. The molecule has 1 aromatic heterocycles. The molecule has 114 valence electrons. The zero-order valence-corrected chi connectivity index (χ0v) is 11.5. The van der Waals surface area contributed by atoms with Crippen molar-refractivity contribution in [3.63, 3.8) is 0 Å². The number of carbonyl (C=O) groups excluding carboxylic acids is 1. The van der Waals surface area contributed by atoms with Crippen LogP contribution in [0.25, 0.3) is 0 Å². The van der Waals surface area contributed by atoms with Crippen LogP contribution < -0.4 is 10.4 Å². The van der Waals surface area contributed by atoms with E-state index in [1.807, 2.05) is 30.3 Å². The summed E-state index contributed by atoms with van der Waals surface area (Å²) in [6.45, 7) is 0.470. The fourth-order valence-corrected chi connectivity index (χ4v) is 2.49. The Morgan fingerprint density at radius 2 is 2.09 bits per heavy atom. The number of fused-ring (bicyclic) bond motifs is 1. The molecule has 8 heteroatoms. The number of benzene rings is 1. The summed E-state index contributed by atoms with van der Waals surface area (Å²) in [6.07, 6.45) is 0.224. The van der Waals surface area contributed by atoms with Crippen molar-refractivity contribution in [1.82, 2.24) is 15.1 Å². The highest BCUT2D eigenvalue weighted by molar-refractivity contribution is 5.99. The molecule has 1 aromatic carbocycles. The minimum atomic E-state index is -1.32. The monoisotopic (exact) mass is 302 g/mol. The van der Waals surface area contributed by atoms with Gasteiger partial charge in [-0.2, -0.15) is 10.2 Å². The van der Waals surface area contributed by atoms with Crippen molar-refractivity contribution in [2.24, 2.45) is 0 Å². The molecule has 3 rings (SSSR count). The van der Waals surface area contributed by atoms with Crippen LogP contribution in [0.3, 0.4) is 0 Å². The molecule has 0 radical (unpaired) electrons. The van der Waals surface area contributed by atoms with Crippen LogP contribution in [-0.4, -0.2) is 38.1 Å². The van der Waals surface area contributed by atoms with Crippen molar-refractivity contribution in [2.45, 2.75) is 19.0 Å². The van der Waals surface area contributed by atoms with Crippen LogP contribution >= 0.6 is 0 Å². The summed E-state index contributed by atoms with van der Waals surface area (Å²) in [4.78, 5) is 22.7. The van der Waals surface area contributed by atoms with Gasteiger partial charge in [0.2, 0.25) is 0 Å². The zero-order valence-electron chi connectivity index (χ0n) is 11.5. The predicted molar refractivity (Wildman–Crippen MR) is 75.7 cm³/mol. The van der Waals surface area contributed by atoms with Crippen molar-refractivity contribution < 1.29 is 19.9 Å². The van der Waals surface area contributed by atoms with Gasteiger partial charge in [-0.3, -0.25) is 14.7 Å². The van der Waals surface area contributed by atoms with Crippen molar-refractivity contribution in [2.75, 3.05) is 5.06 Å². The quantitative estimate of drug-likeness (QED) is 0.728. The minimum absolute atomic E-state index is 0.143. The average Bonchev–Trinajstić information content (AvgIpc) is 2.88. The lowest BCUT2D eigenvalue weighted by molar-refractivity contribution is -0.126.